The Labute approximate surface area is 160 Å². The lowest BCUT2D eigenvalue weighted by molar-refractivity contribution is 0.0240. The highest BCUT2D eigenvalue weighted by atomic mass is 35.5. The third-order valence-electron chi connectivity index (χ3n) is 3.86. The number of hydrogen-bond donors (Lipinski definition) is 0. The number of carbonyl (C=O) groups excluding carboxylic acids is 1. The van der Waals surface area contributed by atoms with Crippen molar-refractivity contribution >= 4 is 46.1 Å². The van der Waals surface area contributed by atoms with E-state index in [0.29, 0.717) is 37.5 Å². The number of carbonyl (C=O) groups is 1. The van der Waals surface area contributed by atoms with Crippen molar-refractivity contribution in [2.45, 2.75) is 26.4 Å². The van der Waals surface area contributed by atoms with Crippen molar-refractivity contribution in [2.75, 3.05) is 31.1 Å². The summed E-state index contributed by atoms with van der Waals surface area (Å²) >= 11 is 12.1. The molecule has 1 amide bonds. The van der Waals surface area contributed by atoms with Gasteiger partial charge in [0.2, 0.25) is 0 Å². The van der Waals surface area contributed by atoms with Crippen LogP contribution in [-0.4, -0.2) is 52.7 Å². The van der Waals surface area contributed by atoms with Crippen LogP contribution in [0.3, 0.4) is 0 Å². The highest BCUT2D eigenvalue weighted by Crippen LogP contribution is 2.28. The van der Waals surface area contributed by atoms with Crippen molar-refractivity contribution in [1.29, 1.82) is 0 Å². The molecular weight excluding hydrogens is 382 g/mol. The monoisotopic (exact) mass is 400 g/mol. The molecule has 1 aliphatic heterocycles. The van der Waals surface area contributed by atoms with Crippen molar-refractivity contribution in [3.63, 3.8) is 0 Å². The summed E-state index contributed by atoms with van der Waals surface area (Å²) < 4.78 is 19.3. The summed E-state index contributed by atoms with van der Waals surface area (Å²) in [4.78, 5) is 24.2. The SMILES string of the molecule is CC(C)(C)OC(=O)N1CCN(c2nc3cc(Cl)cc(F)c3nc2Cl)CC1. The summed E-state index contributed by atoms with van der Waals surface area (Å²) in [7, 11) is 0. The van der Waals surface area contributed by atoms with Gasteiger partial charge >= 0.3 is 6.09 Å². The Morgan fingerprint density at radius 2 is 1.81 bits per heavy atom. The molecule has 0 aliphatic carbocycles. The van der Waals surface area contributed by atoms with Gasteiger partial charge in [-0.2, -0.15) is 0 Å². The first kappa shape index (κ1) is 18.9. The normalized spacial score (nSPS) is 15.5. The fraction of sp³-hybridized carbons (Fsp3) is 0.471. The standard InChI is InChI=1S/C17H19Cl2FN4O2/c1-17(2,3)26-16(25)24-6-4-23(5-7-24)15-14(19)22-13-11(20)8-10(18)9-12(13)21-15/h8-9H,4-7H2,1-3H3. The molecule has 0 unspecified atom stereocenters. The van der Waals surface area contributed by atoms with E-state index < -0.39 is 11.4 Å². The van der Waals surface area contributed by atoms with Crippen LogP contribution in [0.5, 0.6) is 0 Å². The molecule has 9 heteroatoms. The Hall–Kier alpha value is -1.86. The number of aromatic nitrogens is 2. The molecule has 0 N–H and O–H groups in total. The minimum absolute atomic E-state index is 0.0792. The van der Waals surface area contributed by atoms with Gasteiger partial charge in [0.1, 0.15) is 11.1 Å². The van der Waals surface area contributed by atoms with E-state index in [2.05, 4.69) is 9.97 Å². The number of nitrogens with zero attached hydrogens (tertiary/aromatic N) is 4. The number of fused-ring (bicyclic) bond motifs is 1. The summed E-state index contributed by atoms with van der Waals surface area (Å²) in [5, 5.41) is 0.358. The molecule has 0 spiro atoms. The zero-order chi connectivity index (χ0) is 19.1. The van der Waals surface area contributed by atoms with E-state index in [9.17, 15) is 9.18 Å². The Bertz CT molecular complexity index is 849. The minimum atomic E-state index is -0.566. The Balaban J connectivity index is 1.77. The maximum Gasteiger partial charge on any atom is 0.410 e. The lowest BCUT2D eigenvalue weighted by Gasteiger charge is -2.36. The lowest BCUT2D eigenvalue weighted by atomic mass is 10.2. The molecule has 6 nitrogen and oxygen atoms in total. The van der Waals surface area contributed by atoms with Crippen LogP contribution in [-0.2, 0) is 4.74 Å². The summed E-state index contributed by atoms with van der Waals surface area (Å²) in [6.07, 6.45) is -0.346. The maximum absolute atomic E-state index is 14.0. The highest BCUT2D eigenvalue weighted by molar-refractivity contribution is 6.32. The molecule has 1 aliphatic rings. The minimum Gasteiger partial charge on any atom is -0.444 e. The summed E-state index contributed by atoms with van der Waals surface area (Å²) in [6.45, 7) is 7.45. The van der Waals surface area contributed by atoms with E-state index in [-0.39, 0.29) is 21.8 Å². The van der Waals surface area contributed by atoms with Crippen LogP contribution in [0.2, 0.25) is 10.2 Å². The number of piperazine rings is 1. The Morgan fingerprint density at radius 1 is 1.15 bits per heavy atom. The molecule has 1 aromatic carbocycles. The first-order valence-corrected chi connectivity index (χ1v) is 8.95. The Kier molecular flexibility index (Phi) is 5.12. The van der Waals surface area contributed by atoms with Crippen molar-refractivity contribution in [3.05, 3.63) is 28.1 Å². The summed E-state index contributed by atoms with van der Waals surface area (Å²) in [5.74, 6) is -0.118. The number of halogens is 3. The second-order valence-electron chi connectivity index (χ2n) is 7.05. The van der Waals surface area contributed by atoms with Gasteiger partial charge in [0.25, 0.3) is 0 Å². The molecule has 140 valence electrons. The first-order valence-electron chi connectivity index (χ1n) is 8.19. The number of rotatable bonds is 1. The van der Waals surface area contributed by atoms with Crippen LogP contribution < -0.4 is 4.90 Å². The predicted octanol–water partition coefficient (Wildman–Crippen LogP) is 4.13. The van der Waals surface area contributed by atoms with Crippen molar-refractivity contribution in [2.24, 2.45) is 0 Å². The Morgan fingerprint density at radius 3 is 2.42 bits per heavy atom. The molecule has 2 aromatic rings. The lowest BCUT2D eigenvalue weighted by Crippen LogP contribution is -2.50. The second kappa shape index (κ2) is 7.04. The third kappa shape index (κ3) is 4.10. The maximum atomic E-state index is 14.0. The molecule has 3 rings (SSSR count). The molecule has 26 heavy (non-hydrogen) atoms. The van der Waals surface area contributed by atoms with Gasteiger partial charge in [0.05, 0.1) is 5.52 Å². The van der Waals surface area contributed by atoms with E-state index in [4.69, 9.17) is 27.9 Å². The van der Waals surface area contributed by atoms with Gasteiger partial charge in [0.15, 0.2) is 16.8 Å². The highest BCUT2D eigenvalue weighted by Gasteiger charge is 2.27. The van der Waals surface area contributed by atoms with Gasteiger partial charge < -0.3 is 14.5 Å². The van der Waals surface area contributed by atoms with E-state index in [0.717, 1.165) is 0 Å². The topological polar surface area (TPSA) is 58.6 Å². The van der Waals surface area contributed by atoms with Crippen LogP contribution in [0.25, 0.3) is 11.0 Å². The van der Waals surface area contributed by atoms with Crippen molar-refractivity contribution < 1.29 is 13.9 Å². The molecule has 0 radical (unpaired) electrons. The van der Waals surface area contributed by atoms with Crippen LogP contribution in [0.15, 0.2) is 12.1 Å². The smallest absolute Gasteiger partial charge is 0.410 e. The van der Waals surface area contributed by atoms with Crippen molar-refractivity contribution in [1.82, 2.24) is 14.9 Å². The van der Waals surface area contributed by atoms with Crippen LogP contribution >= 0.6 is 23.2 Å². The molecular formula is C17H19Cl2FN4O2. The van der Waals surface area contributed by atoms with Gasteiger partial charge in [-0.3, -0.25) is 0 Å². The summed E-state index contributed by atoms with van der Waals surface area (Å²) in [5.41, 5.74) is -0.121. The number of benzene rings is 1. The van der Waals surface area contributed by atoms with Crippen LogP contribution in [0, 0.1) is 5.82 Å². The van der Waals surface area contributed by atoms with Gasteiger partial charge in [-0.05, 0) is 32.9 Å². The zero-order valence-corrected chi connectivity index (χ0v) is 16.2. The van der Waals surface area contributed by atoms with Gasteiger partial charge in [-0.1, -0.05) is 23.2 Å². The molecule has 0 atom stereocenters. The average molecular weight is 401 g/mol. The van der Waals surface area contributed by atoms with E-state index >= 15 is 0 Å². The molecule has 1 aromatic heterocycles. The largest absolute Gasteiger partial charge is 0.444 e. The van der Waals surface area contributed by atoms with E-state index in [1.54, 1.807) is 11.0 Å². The third-order valence-corrected chi connectivity index (χ3v) is 4.33. The first-order chi connectivity index (χ1) is 12.1. The number of amides is 1. The molecule has 0 bridgehead atoms. The zero-order valence-electron chi connectivity index (χ0n) is 14.7. The van der Waals surface area contributed by atoms with Gasteiger partial charge in [-0.25, -0.2) is 19.2 Å². The molecule has 1 fully saturated rings. The second-order valence-corrected chi connectivity index (χ2v) is 7.84. The van der Waals surface area contributed by atoms with Crippen LogP contribution in [0.1, 0.15) is 20.8 Å². The van der Waals surface area contributed by atoms with E-state index in [1.165, 1.54) is 6.07 Å². The fourth-order valence-electron chi connectivity index (χ4n) is 2.69. The number of hydrogen-bond acceptors (Lipinski definition) is 5. The average Bonchev–Trinajstić information content (AvgIpc) is 2.54. The molecule has 1 saturated heterocycles. The quantitative estimate of drug-likeness (QED) is 0.719. The molecule has 2 heterocycles. The number of anilines is 1. The fourth-order valence-corrected chi connectivity index (χ4v) is 3.13. The summed E-state index contributed by atoms with van der Waals surface area (Å²) in [6, 6.07) is 2.72. The molecule has 0 saturated carbocycles. The predicted molar refractivity (Wildman–Crippen MR) is 99.5 cm³/mol. The number of ether oxygens (including phenoxy) is 1. The van der Waals surface area contributed by atoms with E-state index in [1.807, 2.05) is 25.7 Å². The van der Waals surface area contributed by atoms with Crippen LogP contribution in [0.4, 0.5) is 15.0 Å². The van der Waals surface area contributed by atoms with Crippen molar-refractivity contribution in [3.8, 4) is 0 Å². The van der Waals surface area contributed by atoms with Gasteiger partial charge in [0, 0.05) is 31.2 Å². The van der Waals surface area contributed by atoms with Gasteiger partial charge in [-0.15, -0.1) is 0 Å².